The van der Waals surface area contributed by atoms with E-state index in [2.05, 4.69) is 4.98 Å². The van der Waals surface area contributed by atoms with Crippen LogP contribution in [0, 0.1) is 5.82 Å². The van der Waals surface area contributed by atoms with Crippen molar-refractivity contribution in [1.82, 2.24) is 9.55 Å². The lowest BCUT2D eigenvalue weighted by Gasteiger charge is -2.11. The lowest BCUT2D eigenvalue weighted by Crippen LogP contribution is -2.14. The molecule has 2 N–H and O–H groups in total. The normalized spacial score (nSPS) is 12.8. The number of rotatable bonds is 3. The Morgan fingerprint density at radius 2 is 1.95 bits per heavy atom. The minimum absolute atomic E-state index is 0.200. The average molecular weight is 269 g/mol. The van der Waals surface area contributed by atoms with Gasteiger partial charge in [-0.15, -0.1) is 0 Å². The molecule has 20 heavy (non-hydrogen) atoms. The molecule has 0 aliphatic carbocycles. The van der Waals surface area contributed by atoms with Crippen LogP contribution in [0.3, 0.4) is 0 Å². The fourth-order valence-corrected chi connectivity index (χ4v) is 2.39. The third-order valence-electron chi connectivity index (χ3n) is 3.33. The Labute approximate surface area is 116 Å². The third kappa shape index (κ3) is 2.30. The number of nitrogens with two attached hydrogens (primary N) is 1. The van der Waals surface area contributed by atoms with E-state index in [1.54, 1.807) is 6.07 Å². The molecular formula is C16H16FN3. The van der Waals surface area contributed by atoms with Crippen molar-refractivity contribution in [2.24, 2.45) is 5.73 Å². The van der Waals surface area contributed by atoms with Gasteiger partial charge in [-0.05, 0) is 30.7 Å². The molecule has 0 fully saturated rings. The Kier molecular flexibility index (Phi) is 3.24. The van der Waals surface area contributed by atoms with Gasteiger partial charge in [0.1, 0.15) is 11.6 Å². The molecule has 2 aromatic carbocycles. The first-order chi connectivity index (χ1) is 9.65. The molecule has 1 atom stereocenters. The van der Waals surface area contributed by atoms with Crippen LogP contribution in [0.2, 0.25) is 0 Å². The Hall–Kier alpha value is -2.20. The van der Waals surface area contributed by atoms with Gasteiger partial charge in [-0.25, -0.2) is 9.37 Å². The number of halogens is 1. The van der Waals surface area contributed by atoms with E-state index in [9.17, 15) is 4.39 Å². The summed E-state index contributed by atoms with van der Waals surface area (Å²) >= 11 is 0. The zero-order valence-electron chi connectivity index (χ0n) is 11.3. The zero-order valence-corrected chi connectivity index (χ0v) is 11.3. The average Bonchev–Trinajstić information content (AvgIpc) is 2.78. The number of hydrogen-bond donors (Lipinski definition) is 1. The lowest BCUT2D eigenvalue weighted by atomic mass is 10.2. The Balaban J connectivity index is 2.15. The summed E-state index contributed by atoms with van der Waals surface area (Å²) in [6.45, 7) is 2.52. The Morgan fingerprint density at radius 1 is 1.20 bits per heavy atom. The molecule has 0 spiro atoms. The second-order valence-corrected chi connectivity index (χ2v) is 4.96. The molecule has 0 aliphatic rings. The third-order valence-corrected chi connectivity index (χ3v) is 3.33. The van der Waals surface area contributed by atoms with Crippen molar-refractivity contribution in [2.45, 2.75) is 19.5 Å². The predicted molar refractivity (Wildman–Crippen MR) is 77.8 cm³/mol. The highest BCUT2D eigenvalue weighted by atomic mass is 19.1. The van der Waals surface area contributed by atoms with E-state index in [0.717, 1.165) is 22.4 Å². The van der Waals surface area contributed by atoms with E-state index in [0.29, 0.717) is 6.54 Å². The number of aromatic nitrogens is 2. The van der Waals surface area contributed by atoms with Crippen LogP contribution >= 0.6 is 0 Å². The minimum atomic E-state index is -0.261. The van der Waals surface area contributed by atoms with E-state index in [-0.39, 0.29) is 11.9 Å². The summed E-state index contributed by atoms with van der Waals surface area (Å²) < 4.78 is 15.5. The summed E-state index contributed by atoms with van der Waals surface area (Å²) in [5, 5.41) is 0. The number of benzene rings is 2. The second kappa shape index (κ2) is 5.06. The van der Waals surface area contributed by atoms with E-state index in [4.69, 9.17) is 5.73 Å². The fourth-order valence-electron chi connectivity index (χ4n) is 2.39. The standard InChI is InChI=1S/C16H16FN3/c1-11(18)16-19-14-8-7-13(17)9-15(14)20(16)10-12-5-3-2-4-6-12/h2-9,11H,10,18H2,1H3. The monoisotopic (exact) mass is 269 g/mol. The van der Waals surface area contributed by atoms with Gasteiger partial charge in [0.05, 0.1) is 17.1 Å². The van der Waals surface area contributed by atoms with Crippen LogP contribution in [0.15, 0.2) is 48.5 Å². The van der Waals surface area contributed by atoms with Crippen LogP contribution in [0.25, 0.3) is 11.0 Å². The molecule has 0 amide bonds. The van der Waals surface area contributed by atoms with E-state index in [1.807, 2.05) is 41.8 Å². The molecule has 0 saturated heterocycles. The molecular weight excluding hydrogens is 253 g/mol. The van der Waals surface area contributed by atoms with Crippen molar-refractivity contribution in [3.63, 3.8) is 0 Å². The van der Waals surface area contributed by atoms with Gasteiger partial charge < -0.3 is 10.3 Å². The predicted octanol–water partition coefficient (Wildman–Crippen LogP) is 3.24. The van der Waals surface area contributed by atoms with Gasteiger partial charge in [-0.2, -0.15) is 0 Å². The summed E-state index contributed by atoms with van der Waals surface area (Å²) in [6.07, 6.45) is 0. The molecule has 1 heterocycles. The maximum absolute atomic E-state index is 13.5. The number of nitrogens with zero attached hydrogens (tertiary/aromatic N) is 2. The van der Waals surface area contributed by atoms with Crippen LogP contribution in [-0.4, -0.2) is 9.55 Å². The lowest BCUT2D eigenvalue weighted by molar-refractivity contribution is 0.626. The Morgan fingerprint density at radius 3 is 2.65 bits per heavy atom. The summed E-state index contributed by atoms with van der Waals surface area (Å²) in [6, 6.07) is 14.5. The molecule has 0 radical (unpaired) electrons. The van der Waals surface area contributed by atoms with Gasteiger partial charge >= 0.3 is 0 Å². The SMILES string of the molecule is CC(N)c1nc2ccc(F)cc2n1Cc1ccccc1. The molecule has 3 rings (SSSR count). The van der Waals surface area contributed by atoms with Crippen LogP contribution < -0.4 is 5.73 Å². The summed E-state index contributed by atoms with van der Waals surface area (Å²) in [4.78, 5) is 4.52. The highest BCUT2D eigenvalue weighted by Gasteiger charge is 2.14. The first-order valence-corrected chi connectivity index (χ1v) is 6.60. The van der Waals surface area contributed by atoms with Gasteiger partial charge in [0.2, 0.25) is 0 Å². The van der Waals surface area contributed by atoms with Gasteiger partial charge in [0, 0.05) is 6.54 Å². The fraction of sp³-hybridized carbons (Fsp3) is 0.188. The van der Waals surface area contributed by atoms with Crippen molar-refractivity contribution in [2.75, 3.05) is 0 Å². The van der Waals surface area contributed by atoms with E-state index < -0.39 is 0 Å². The van der Waals surface area contributed by atoms with Crippen molar-refractivity contribution in [3.8, 4) is 0 Å². The summed E-state index contributed by atoms with van der Waals surface area (Å²) in [5.41, 5.74) is 8.68. The largest absolute Gasteiger partial charge is 0.322 e. The molecule has 0 aliphatic heterocycles. The first-order valence-electron chi connectivity index (χ1n) is 6.60. The van der Waals surface area contributed by atoms with Crippen molar-refractivity contribution >= 4 is 11.0 Å². The maximum atomic E-state index is 13.5. The molecule has 0 saturated carbocycles. The van der Waals surface area contributed by atoms with Crippen LogP contribution in [0.1, 0.15) is 24.4 Å². The number of hydrogen-bond acceptors (Lipinski definition) is 2. The topological polar surface area (TPSA) is 43.8 Å². The molecule has 1 aromatic heterocycles. The molecule has 102 valence electrons. The van der Waals surface area contributed by atoms with Crippen molar-refractivity contribution in [1.29, 1.82) is 0 Å². The highest BCUT2D eigenvalue weighted by molar-refractivity contribution is 5.76. The molecule has 0 bridgehead atoms. The first kappa shape index (κ1) is 12.8. The van der Waals surface area contributed by atoms with Gasteiger partial charge in [0.15, 0.2) is 0 Å². The number of fused-ring (bicyclic) bond motifs is 1. The van der Waals surface area contributed by atoms with Gasteiger partial charge in [0.25, 0.3) is 0 Å². The van der Waals surface area contributed by atoms with Crippen LogP contribution in [0.4, 0.5) is 4.39 Å². The summed E-state index contributed by atoms with van der Waals surface area (Å²) in [7, 11) is 0. The quantitative estimate of drug-likeness (QED) is 0.793. The van der Waals surface area contributed by atoms with Gasteiger partial charge in [-0.3, -0.25) is 0 Å². The summed E-state index contributed by atoms with van der Waals surface area (Å²) in [5.74, 6) is 0.511. The molecule has 4 heteroatoms. The van der Waals surface area contributed by atoms with Crippen molar-refractivity contribution in [3.05, 3.63) is 65.7 Å². The van der Waals surface area contributed by atoms with Gasteiger partial charge in [-0.1, -0.05) is 30.3 Å². The van der Waals surface area contributed by atoms with Crippen molar-refractivity contribution < 1.29 is 4.39 Å². The molecule has 3 nitrogen and oxygen atoms in total. The number of imidazole rings is 1. The smallest absolute Gasteiger partial charge is 0.126 e. The maximum Gasteiger partial charge on any atom is 0.126 e. The van der Waals surface area contributed by atoms with E-state index >= 15 is 0 Å². The molecule has 1 unspecified atom stereocenters. The minimum Gasteiger partial charge on any atom is -0.322 e. The van der Waals surface area contributed by atoms with Crippen LogP contribution in [-0.2, 0) is 6.54 Å². The second-order valence-electron chi connectivity index (χ2n) is 4.96. The Bertz CT molecular complexity index is 732. The van der Waals surface area contributed by atoms with Crippen LogP contribution in [0.5, 0.6) is 0 Å². The molecule has 3 aromatic rings. The zero-order chi connectivity index (χ0) is 14.1. The van der Waals surface area contributed by atoms with E-state index in [1.165, 1.54) is 12.1 Å². The highest BCUT2D eigenvalue weighted by Crippen LogP contribution is 2.22.